The lowest BCUT2D eigenvalue weighted by Crippen LogP contribution is -2.51. The summed E-state index contributed by atoms with van der Waals surface area (Å²) in [5.41, 5.74) is 5.88. The van der Waals surface area contributed by atoms with Gasteiger partial charge in [-0.05, 0) is 37.8 Å². The van der Waals surface area contributed by atoms with Crippen molar-refractivity contribution >= 4 is 5.82 Å². The summed E-state index contributed by atoms with van der Waals surface area (Å²) in [6, 6.07) is 3.85. The molecular weight excluding hydrogens is 214 g/mol. The van der Waals surface area contributed by atoms with Gasteiger partial charge in [-0.15, -0.1) is 0 Å². The van der Waals surface area contributed by atoms with E-state index in [0.29, 0.717) is 6.54 Å². The Hall–Kier alpha value is -1.29. The van der Waals surface area contributed by atoms with Gasteiger partial charge in [0.25, 0.3) is 0 Å². The number of ether oxygens (including phenoxy) is 1. The smallest absolute Gasteiger partial charge is 0.169 e. The van der Waals surface area contributed by atoms with E-state index in [2.05, 4.69) is 17.2 Å². The lowest BCUT2D eigenvalue weighted by atomic mass is 9.77. The Balaban J connectivity index is 2.08. The van der Waals surface area contributed by atoms with Crippen molar-refractivity contribution in [1.82, 2.24) is 4.98 Å². The molecule has 0 aromatic carbocycles. The largest absolute Gasteiger partial charge is 0.490 e. The monoisotopic (exact) mass is 235 g/mol. The summed E-state index contributed by atoms with van der Waals surface area (Å²) < 4.78 is 5.68. The fraction of sp³-hybridized carbons (Fsp3) is 0.615. The maximum absolute atomic E-state index is 5.84. The molecule has 1 fully saturated rings. The Morgan fingerprint density at radius 3 is 2.94 bits per heavy atom. The van der Waals surface area contributed by atoms with Crippen LogP contribution in [0.1, 0.15) is 32.6 Å². The van der Waals surface area contributed by atoms with E-state index in [1.807, 2.05) is 12.1 Å². The molecule has 0 bridgehead atoms. The fourth-order valence-electron chi connectivity index (χ4n) is 2.05. The minimum Gasteiger partial charge on any atom is -0.490 e. The number of aromatic nitrogens is 1. The summed E-state index contributed by atoms with van der Waals surface area (Å²) in [5.74, 6) is 1.65. The maximum atomic E-state index is 5.84. The van der Waals surface area contributed by atoms with Crippen LogP contribution in [0.4, 0.5) is 5.82 Å². The van der Waals surface area contributed by atoms with E-state index in [0.717, 1.165) is 37.4 Å². The molecule has 1 heterocycles. The second-order valence-electron chi connectivity index (χ2n) is 4.66. The zero-order valence-corrected chi connectivity index (χ0v) is 10.4. The lowest BCUT2D eigenvalue weighted by Gasteiger charge is -2.42. The molecule has 0 amide bonds. The van der Waals surface area contributed by atoms with Crippen molar-refractivity contribution in [3.05, 3.63) is 18.3 Å². The van der Waals surface area contributed by atoms with E-state index in [1.54, 1.807) is 6.20 Å². The van der Waals surface area contributed by atoms with Crippen LogP contribution in [0.2, 0.25) is 0 Å². The highest BCUT2D eigenvalue weighted by Crippen LogP contribution is 2.36. The van der Waals surface area contributed by atoms with E-state index < -0.39 is 0 Å². The van der Waals surface area contributed by atoms with Crippen molar-refractivity contribution in [2.75, 3.05) is 18.5 Å². The van der Waals surface area contributed by atoms with Crippen LogP contribution in [0, 0.1) is 0 Å². The number of hydrogen-bond donors (Lipinski definition) is 2. The van der Waals surface area contributed by atoms with Crippen LogP contribution in [-0.2, 0) is 0 Å². The van der Waals surface area contributed by atoms with Crippen LogP contribution in [0.5, 0.6) is 5.75 Å². The van der Waals surface area contributed by atoms with Crippen LogP contribution in [0.25, 0.3) is 0 Å². The molecule has 0 atom stereocenters. The lowest BCUT2D eigenvalue weighted by molar-refractivity contribution is 0.281. The summed E-state index contributed by atoms with van der Waals surface area (Å²) >= 11 is 0. The molecule has 1 aliphatic rings. The SMILES string of the molecule is CCCOc1cccnc1NC1(CN)CCC1. The predicted molar refractivity (Wildman–Crippen MR) is 69.3 cm³/mol. The highest BCUT2D eigenvalue weighted by atomic mass is 16.5. The molecule has 1 aromatic rings. The van der Waals surface area contributed by atoms with Gasteiger partial charge in [-0.1, -0.05) is 6.92 Å². The first-order valence-electron chi connectivity index (χ1n) is 6.36. The molecule has 0 saturated heterocycles. The molecule has 0 aliphatic heterocycles. The first-order valence-corrected chi connectivity index (χ1v) is 6.36. The first kappa shape index (κ1) is 12.2. The van der Waals surface area contributed by atoms with Crippen molar-refractivity contribution in [3.8, 4) is 5.75 Å². The summed E-state index contributed by atoms with van der Waals surface area (Å²) in [6.45, 7) is 3.46. The number of pyridine rings is 1. The zero-order valence-electron chi connectivity index (χ0n) is 10.4. The van der Waals surface area contributed by atoms with Crippen LogP contribution in [-0.4, -0.2) is 23.7 Å². The average molecular weight is 235 g/mol. The quantitative estimate of drug-likeness (QED) is 0.793. The van der Waals surface area contributed by atoms with Crippen molar-refractivity contribution in [2.24, 2.45) is 5.73 Å². The normalized spacial score (nSPS) is 17.3. The van der Waals surface area contributed by atoms with Gasteiger partial charge in [0.05, 0.1) is 12.1 Å². The van der Waals surface area contributed by atoms with E-state index >= 15 is 0 Å². The highest BCUT2D eigenvalue weighted by Gasteiger charge is 2.36. The Morgan fingerprint density at radius 1 is 1.53 bits per heavy atom. The Labute approximate surface area is 103 Å². The summed E-state index contributed by atoms with van der Waals surface area (Å²) in [7, 11) is 0. The molecule has 0 spiro atoms. The van der Waals surface area contributed by atoms with Crippen molar-refractivity contribution in [1.29, 1.82) is 0 Å². The van der Waals surface area contributed by atoms with Gasteiger partial charge >= 0.3 is 0 Å². The number of nitrogens with one attached hydrogen (secondary N) is 1. The van der Waals surface area contributed by atoms with Gasteiger partial charge in [0.1, 0.15) is 0 Å². The zero-order chi connectivity index (χ0) is 12.1. The molecule has 1 aliphatic carbocycles. The Bertz CT molecular complexity index is 358. The Kier molecular flexibility index (Phi) is 3.84. The molecule has 1 aromatic heterocycles. The minimum absolute atomic E-state index is 0.0404. The molecule has 2 rings (SSSR count). The van der Waals surface area contributed by atoms with E-state index in [1.165, 1.54) is 6.42 Å². The average Bonchev–Trinajstić information content (AvgIpc) is 2.32. The number of anilines is 1. The van der Waals surface area contributed by atoms with Crippen LogP contribution >= 0.6 is 0 Å². The molecular formula is C13H21N3O. The molecule has 94 valence electrons. The molecule has 3 N–H and O–H groups in total. The Morgan fingerprint density at radius 2 is 2.35 bits per heavy atom. The number of rotatable bonds is 6. The fourth-order valence-corrected chi connectivity index (χ4v) is 2.05. The molecule has 0 radical (unpaired) electrons. The van der Waals surface area contributed by atoms with Gasteiger partial charge in [0, 0.05) is 12.7 Å². The van der Waals surface area contributed by atoms with E-state index in [-0.39, 0.29) is 5.54 Å². The number of hydrogen-bond acceptors (Lipinski definition) is 4. The number of nitrogens with zero attached hydrogens (tertiary/aromatic N) is 1. The summed E-state index contributed by atoms with van der Waals surface area (Å²) in [4.78, 5) is 4.35. The minimum atomic E-state index is 0.0404. The standard InChI is InChI=1S/C13H21N3O/c1-2-9-17-11-5-3-8-15-12(11)16-13(10-14)6-4-7-13/h3,5,8H,2,4,6-7,9-10,14H2,1H3,(H,15,16). The van der Waals surface area contributed by atoms with Gasteiger partial charge in [0.15, 0.2) is 11.6 Å². The summed E-state index contributed by atoms with van der Waals surface area (Å²) in [5, 5.41) is 3.46. The second-order valence-corrected chi connectivity index (χ2v) is 4.66. The van der Waals surface area contributed by atoms with Gasteiger partial charge in [-0.2, -0.15) is 0 Å². The first-order chi connectivity index (χ1) is 8.29. The van der Waals surface area contributed by atoms with Gasteiger partial charge in [-0.25, -0.2) is 4.98 Å². The van der Waals surface area contributed by atoms with Crippen LogP contribution < -0.4 is 15.8 Å². The van der Waals surface area contributed by atoms with E-state index in [9.17, 15) is 0 Å². The third-order valence-corrected chi connectivity index (χ3v) is 3.32. The second kappa shape index (κ2) is 5.36. The summed E-state index contributed by atoms with van der Waals surface area (Å²) in [6.07, 6.45) is 6.25. The molecule has 4 heteroatoms. The molecule has 1 saturated carbocycles. The number of nitrogens with two attached hydrogens (primary N) is 1. The molecule has 17 heavy (non-hydrogen) atoms. The third kappa shape index (κ3) is 2.69. The van der Waals surface area contributed by atoms with Crippen molar-refractivity contribution in [3.63, 3.8) is 0 Å². The molecule has 4 nitrogen and oxygen atoms in total. The topological polar surface area (TPSA) is 60.2 Å². The maximum Gasteiger partial charge on any atom is 0.169 e. The van der Waals surface area contributed by atoms with Gasteiger partial charge in [-0.3, -0.25) is 0 Å². The highest BCUT2D eigenvalue weighted by molar-refractivity contribution is 5.52. The third-order valence-electron chi connectivity index (χ3n) is 3.32. The van der Waals surface area contributed by atoms with Crippen molar-refractivity contribution < 1.29 is 4.74 Å². The van der Waals surface area contributed by atoms with Crippen molar-refractivity contribution in [2.45, 2.75) is 38.1 Å². The van der Waals surface area contributed by atoms with Crippen LogP contribution in [0.3, 0.4) is 0 Å². The van der Waals surface area contributed by atoms with Gasteiger partial charge < -0.3 is 15.8 Å². The molecule has 0 unspecified atom stereocenters. The van der Waals surface area contributed by atoms with Crippen LogP contribution in [0.15, 0.2) is 18.3 Å². The predicted octanol–water partition coefficient (Wildman–Crippen LogP) is 2.16. The van der Waals surface area contributed by atoms with Gasteiger partial charge in [0.2, 0.25) is 0 Å². The van der Waals surface area contributed by atoms with E-state index in [4.69, 9.17) is 10.5 Å².